The topological polar surface area (TPSA) is 78.1 Å². The number of aromatic nitrogens is 2. The molecule has 2 N–H and O–H groups in total. The summed E-state index contributed by atoms with van der Waals surface area (Å²) in [7, 11) is 0. The van der Waals surface area contributed by atoms with Crippen LogP contribution in [0.1, 0.15) is 18.4 Å². The van der Waals surface area contributed by atoms with Crippen LogP contribution in [0.4, 0.5) is 4.79 Å². The first kappa shape index (κ1) is 12.0. The maximum atomic E-state index is 11.3. The van der Waals surface area contributed by atoms with Crippen LogP contribution in [0.5, 0.6) is 0 Å². The van der Waals surface area contributed by atoms with Gasteiger partial charge in [-0.25, -0.2) is 9.78 Å². The van der Waals surface area contributed by atoms with E-state index >= 15 is 0 Å². The lowest BCUT2D eigenvalue weighted by molar-refractivity contribution is 0.00440. The Balaban J connectivity index is 1.85. The molecule has 6 nitrogen and oxygen atoms in total. The Hall–Kier alpha value is -2.08. The summed E-state index contributed by atoms with van der Waals surface area (Å²) in [6.45, 7) is 0.300. The molecule has 0 saturated heterocycles. The van der Waals surface area contributed by atoms with Crippen molar-refractivity contribution in [2.75, 3.05) is 0 Å². The van der Waals surface area contributed by atoms with Gasteiger partial charge in [0.15, 0.2) is 0 Å². The van der Waals surface area contributed by atoms with Gasteiger partial charge in [0.25, 0.3) is 0 Å². The zero-order valence-corrected chi connectivity index (χ0v) is 10.3. The first-order valence-electron chi connectivity index (χ1n) is 6.23. The molecule has 100 valence electrons. The summed E-state index contributed by atoms with van der Waals surface area (Å²) in [5.41, 5.74) is 1.64. The van der Waals surface area contributed by atoms with E-state index in [1.54, 1.807) is 6.20 Å². The van der Waals surface area contributed by atoms with Gasteiger partial charge in [-0.05, 0) is 18.9 Å². The van der Waals surface area contributed by atoms with E-state index in [9.17, 15) is 15.0 Å². The highest BCUT2D eigenvalue weighted by Gasteiger charge is 2.35. The summed E-state index contributed by atoms with van der Waals surface area (Å²) in [5.74, 6) is 0. The minimum Gasteiger partial charge on any atom is -0.465 e. The van der Waals surface area contributed by atoms with Crippen LogP contribution in [-0.2, 0) is 6.54 Å². The Morgan fingerprint density at radius 1 is 1.47 bits per heavy atom. The van der Waals surface area contributed by atoms with E-state index in [0.29, 0.717) is 19.4 Å². The van der Waals surface area contributed by atoms with E-state index in [4.69, 9.17) is 0 Å². The molecular formula is C13H15N3O3. The lowest BCUT2D eigenvalue weighted by Crippen LogP contribution is -2.49. The summed E-state index contributed by atoms with van der Waals surface area (Å²) in [6.07, 6.45) is 5.12. The van der Waals surface area contributed by atoms with E-state index in [2.05, 4.69) is 4.98 Å². The van der Waals surface area contributed by atoms with Gasteiger partial charge >= 0.3 is 6.09 Å². The number of rotatable bonds is 3. The number of aliphatic hydroxyl groups is 1. The first-order valence-corrected chi connectivity index (χ1v) is 6.23. The number of carboxylic acid groups (broad SMARTS) is 1. The van der Waals surface area contributed by atoms with Crippen molar-refractivity contribution < 1.29 is 15.0 Å². The van der Waals surface area contributed by atoms with Crippen LogP contribution in [0.15, 0.2) is 30.7 Å². The van der Waals surface area contributed by atoms with E-state index in [0.717, 1.165) is 11.2 Å². The fourth-order valence-electron chi connectivity index (χ4n) is 2.48. The Labute approximate surface area is 109 Å². The Morgan fingerprint density at radius 3 is 2.95 bits per heavy atom. The third kappa shape index (κ3) is 2.15. The summed E-state index contributed by atoms with van der Waals surface area (Å²) in [4.78, 5) is 17.0. The second-order valence-electron chi connectivity index (χ2n) is 4.88. The van der Waals surface area contributed by atoms with Crippen molar-refractivity contribution in [3.05, 3.63) is 36.3 Å². The highest BCUT2D eigenvalue weighted by Crippen LogP contribution is 2.27. The molecule has 0 aromatic carbocycles. The summed E-state index contributed by atoms with van der Waals surface area (Å²) >= 11 is 0. The van der Waals surface area contributed by atoms with Gasteiger partial charge in [-0.2, -0.15) is 0 Å². The Morgan fingerprint density at radius 2 is 2.26 bits per heavy atom. The predicted octanol–water partition coefficient (Wildman–Crippen LogP) is 1.34. The molecule has 2 aromatic heterocycles. The number of carbonyl (C=O) groups is 1. The van der Waals surface area contributed by atoms with E-state index in [1.807, 2.05) is 28.9 Å². The maximum absolute atomic E-state index is 11.3. The third-order valence-electron chi connectivity index (χ3n) is 3.62. The fourth-order valence-corrected chi connectivity index (χ4v) is 2.48. The third-order valence-corrected chi connectivity index (χ3v) is 3.62. The molecule has 0 spiro atoms. The van der Waals surface area contributed by atoms with Crippen molar-refractivity contribution in [2.45, 2.75) is 31.5 Å². The quantitative estimate of drug-likeness (QED) is 0.874. The molecule has 1 fully saturated rings. The van der Waals surface area contributed by atoms with Crippen molar-refractivity contribution >= 4 is 11.7 Å². The average molecular weight is 261 g/mol. The van der Waals surface area contributed by atoms with Crippen LogP contribution >= 0.6 is 0 Å². The van der Waals surface area contributed by atoms with Crippen molar-refractivity contribution in [2.24, 2.45) is 0 Å². The number of imidazole rings is 1. The second-order valence-corrected chi connectivity index (χ2v) is 4.88. The number of amides is 1. The van der Waals surface area contributed by atoms with E-state index in [-0.39, 0.29) is 12.1 Å². The molecule has 1 aliphatic rings. The van der Waals surface area contributed by atoms with E-state index < -0.39 is 6.09 Å². The number of pyridine rings is 1. The smallest absolute Gasteiger partial charge is 0.407 e. The SMILES string of the molecule is O=C(O)N(Cc1cccn2ccnc12)[C@H]1C[C@H](O)C1. The lowest BCUT2D eigenvalue weighted by Gasteiger charge is -2.39. The van der Waals surface area contributed by atoms with Gasteiger partial charge < -0.3 is 19.5 Å². The number of aliphatic hydroxyl groups excluding tert-OH is 1. The normalized spacial score (nSPS) is 22.2. The molecule has 0 radical (unpaired) electrons. The van der Waals surface area contributed by atoms with Gasteiger partial charge in [-0.3, -0.25) is 0 Å². The number of fused-ring (bicyclic) bond motifs is 1. The van der Waals surface area contributed by atoms with Crippen LogP contribution in [0.3, 0.4) is 0 Å². The molecular weight excluding hydrogens is 246 g/mol. The summed E-state index contributed by atoms with van der Waals surface area (Å²) in [5, 5.41) is 18.6. The van der Waals surface area contributed by atoms with Crippen LogP contribution in [0.2, 0.25) is 0 Å². The molecule has 1 amide bonds. The number of hydrogen-bond acceptors (Lipinski definition) is 3. The van der Waals surface area contributed by atoms with Gasteiger partial charge in [-0.15, -0.1) is 0 Å². The highest BCUT2D eigenvalue weighted by atomic mass is 16.4. The van der Waals surface area contributed by atoms with Gasteiger partial charge in [0.2, 0.25) is 0 Å². The molecule has 1 aliphatic carbocycles. The molecule has 19 heavy (non-hydrogen) atoms. The largest absolute Gasteiger partial charge is 0.465 e. The van der Waals surface area contributed by atoms with Crippen molar-refractivity contribution in [3.8, 4) is 0 Å². The van der Waals surface area contributed by atoms with Gasteiger partial charge in [0, 0.05) is 30.2 Å². The summed E-state index contributed by atoms with van der Waals surface area (Å²) < 4.78 is 1.87. The monoisotopic (exact) mass is 261 g/mol. The molecule has 0 bridgehead atoms. The molecule has 1 saturated carbocycles. The Bertz CT molecular complexity index is 604. The van der Waals surface area contributed by atoms with Crippen LogP contribution in [0.25, 0.3) is 5.65 Å². The zero-order valence-electron chi connectivity index (χ0n) is 10.3. The minimum atomic E-state index is -0.953. The molecule has 3 rings (SSSR count). The van der Waals surface area contributed by atoms with Gasteiger partial charge in [0.1, 0.15) is 5.65 Å². The minimum absolute atomic E-state index is 0.0947. The zero-order chi connectivity index (χ0) is 13.4. The van der Waals surface area contributed by atoms with E-state index in [1.165, 1.54) is 4.90 Å². The second kappa shape index (κ2) is 4.55. The van der Waals surface area contributed by atoms with Crippen LogP contribution in [0, 0.1) is 0 Å². The molecule has 6 heteroatoms. The predicted molar refractivity (Wildman–Crippen MR) is 67.8 cm³/mol. The first-order chi connectivity index (χ1) is 9.15. The average Bonchev–Trinajstić information content (AvgIpc) is 2.81. The lowest BCUT2D eigenvalue weighted by atomic mass is 9.88. The number of nitrogens with zero attached hydrogens (tertiary/aromatic N) is 3. The van der Waals surface area contributed by atoms with Crippen molar-refractivity contribution in [1.29, 1.82) is 0 Å². The van der Waals surface area contributed by atoms with Crippen molar-refractivity contribution in [3.63, 3.8) is 0 Å². The molecule has 0 unspecified atom stereocenters. The molecule has 2 heterocycles. The standard InChI is InChI=1S/C13H15N3O3/c17-11-6-10(7-11)16(13(18)19)8-9-2-1-4-15-5-3-14-12(9)15/h1-5,10-11,17H,6-8H2,(H,18,19)/t10-,11-. The highest BCUT2D eigenvalue weighted by molar-refractivity contribution is 5.66. The Kier molecular flexibility index (Phi) is 2.87. The van der Waals surface area contributed by atoms with Crippen molar-refractivity contribution in [1.82, 2.24) is 14.3 Å². The van der Waals surface area contributed by atoms with Crippen LogP contribution < -0.4 is 0 Å². The van der Waals surface area contributed by atoms with Gasteiger partial charge in [0.05, 0.1) is 12.6 Å². The van der Waals surface area contributed by atoms with Crippen LogP contribution in [-0.4, -0.2) is 42.7 Å². The molecule has 2 aromatic rings. The van der Waals surface area contributed by atoms with Gasteiger partial charge in [-0.1, -0.05) is 6.07 Å². The molecule has 0 atom stereocenters. The molecule has 0 aliphatic heterocycles. The number of hydrogen-bond donors (Lipinski definition) is 2. The maximum Gasteiger partial charge on any atom is 0.407 e. The summed E-state index contributed by atoms with van der Waals surface area (Å²) in [6, 6.07) is 3.66. The fraction of sp³-hybridized carbons (Fsp3) is 0.385.